The van der Waals surface area contributed by atoms with Gasteiger partial charge in [0.15, 0.2) is 5.82 Å². The molecule has 2 atom stereocenters. The topological polar surface area (TPSA) is 90.3 Å². The highest BCUT2D eigenvalue weighted by Crippen LogP contribution is 2.28. The molecule has 4 rings (SSSR count). The number of fused-ring (bicyclic) bond motifs is 1. The number of piperidine rings is 1. The molecule has 7 nitrogen and oxygen atoms in total. The summed E-state index contributed by atoms with van der Waals surface area (Å²) in [4.78, 5) is 15.2. The van der Waals surface area contributed by atoms with E-state index in [1.54, 1.807) is 6.07 Å². The van der Waals surface area contributed by atoms with E-state index in [0.29, 0.717) is 29.4 Å². The van der Waals surface area contributed by atoms with Gasteiger partial charge in [-0.15, -0.1) is 5.10 Å². The van der Waals surface area contributed by atoms with E-state index in [2.05, 4.69) is 14.7 Å². The van der Waals surface area contributed by atoms with E-state index in [0.717, 1.165) is 37.7 Å². The largest absolute Gasteiger partial charge is 0.760 e. The van der Waals surface area contributed by atoms with Gasteiger partial charge in [0, 0.05) is 36.3 Å². The standard InChI is InChI=1S/C21H23FN4O3S/c22-16-7-9-17(10-8-16)26-21(27)19-6-2-1-5-18(19)20(24-26)25-13-3-4-15(14-25)11-12-23-30(28)29/h1-2,5-10,15,23H,3-4,11-14H2,(H,28,29)/p-1. The van der Waals surface area contributed by atoms with Crippen molar-refractivity contribution in [1.29, 1.82) is 0 Å². The normalized spacial score (nSPS) is 17.9. The number of nitrogens with zero attached hydrogens (tertiary/aromatic N) is 3. The average Bonchev–Trinajstić information content (AvgIpc) is 2.75. The summed E-state index contributed by atoms with van der Waals surface area (Å²) in [6, 6.07) is 13.0. The predicted molar refractivity (Wildman–Crippen MR) is 114 cm³/mol. The maximum atomic E-state index is 13.4. The molecule has 1 fully saturated rings. The Balaban J connectivity index is 1.71. The summed E-state index contributed by atoms with van der Waals surface area (Å²) < 4.78 is 38.5. The molecular formula is C21H22FN4O3S-. The highest BCUT2D eigenvalue weighted by Gasteiger charge is 2.24. The second-order valence-corrected chi connectivity index (χ2v) is 8.19. The number of hydrogen-bond donors (Lipinski definition) is 1. The minimum atomic E-state index is -2.25. The minimum absolute atomic E-state index is 0.253. The summed E-state index contributed by atoms with van der Waals surface area (Å²) in [6.07, 6.45) is 2.70. The molecule has 158 valence electrons. The minimum Gasteiger partial charge on any atom is -0.760 e. The molecular weight excluding hydrogens is 407 g/mol. The predicted octanol–water partition coefficient (Wildman–Crippen LogP) is 2.51. The first-order chi connectivity index (χ1) is 14.5. The van der Waals surface area contributed by atoms with Crippen LogP contribution in [0.1, 0.15) is 19.3 Å². The lowest BCUT2D eigenvalue weighted by Crippen LogP contribution is -2.38. The SMILES string of the molecule is O=c1c2ccccc2c(N2CCCC(CCNS(=O)[O-])C2)nn1-c1ccc(F)cc1. The molecule has 0 bridgehead atoms. The van der Waals surface area contributed by atoms with Crippen LogP contribution in [0.4, 0.5) is 10.2 Å². The van der Waals surface area contributed by atoms with Crippen LogP contribution in [0.5, 0.6) is 0 Å². The number of hydrogen-bond acceptors (Lipinski definition) is 5. The molecule has 3 aromatic rings. The third-order valence-corrected chi connectivity index (χ3v) is 5.89. The van der Waals surface area contributed by atoms with Crippen LogP contribution in [0, 0.1) is 11.7 Å². The van der Waals surface area contributed by atoms with Gasteiger partial charge in [0.2, 0.25) is 0 Å². The molecule has 0 aliphatic carbocycles. The van der Waals surface area contributed by atoms with E-state index < -0.39 is 11.3 Å². The summed E-state index contributed by atoms with van der Waals surface area (Å²) in [5, 5.41) is 5.99. The number of anilines is 1. The number of aromatic nitrogens is 2. The van der Waals surface area contributed by atoms with Gasteiger partial charge in [0.1, 0.15) is 5.82 Å². The third-order valence-electron chi connectivity index (χ3n) is 5.45. The maximum absolute atomic E-state index is 13.4. The van der Waals surface area contributed by atoms with E-state index in [1.807, 2.05) is 18.2 Å². The number of benzene rings is 2. The van der Waals surface area contributed by atoms with Gasteiger partial charge < -0.3 is 9.45 Å². The summed E-state index contributed by atoms with van der Waals surface area (Å²) in [7, 11) is 0. The van der Waals surface area contributed by atoms with E-state index in [1.165, 1.54) is 28.9 Å². The first-order valence-corrected chi connectivity index (χ1v) is 11.0. The zero-order valence-corrected chi connectivity index (χ0v) is 17.1. The number of nitrogens with one attached hydrogen (secondary N) is 1. The van der Waals surface area contributed by atoms with Crippen LogP contribution in [-0.4, -0.2) is 38.2 Å². The van der Waals surface area contributed by atoms with Crippen molar-refractivity contribution in [3.05, 3.63) is 64.7 Å². The van der Waals surface area contributed by atoms with E-state index in [-0.39, 0.29) is 11.4 Å². The Morgan fingerprint density at radius 2 is 1.90 bits per heavy atom. The molecule has 1 N–H and O–H groups in total. The molecule has 0 radical (unpaired) electrons. The van der Waals surface area contributed by atoms with Gasteiger partial charge in [-0.2, -0.15) is 4.68 Å². The molecule has 2 aromatic carbocycles. The Labute approximate surface area is 175 Å². The molecule has 1 saturated heterocycles. The Hall–Kier alpha value is -2.62. The number of rotatable bonds is 6. The van der Waals surface area contributed by atoms with Crippen LogP contribution < -0.4 is 15.2 Å². The summed E-state index contributed by atoms with van der Waals surface area (Å²) >= 11 is -2.25. The first kappa shape index (κ1) is 20.6. The highest BCUT2D eigenvalue weighted by molar-refractivity contribution is 7.77. The average molecular weight is 429 g/mol. The molecule has 1 aliphatic rings. The molecule has 9 heteroatoms. The van der Waals surface area contributed by atoms with E-state index in [9.17, 15) is 17.9 Å². The Morgan fingerprint density at radius 3 is 2.63 bits per heavy atom. The lowest BCUT2D eigenvalue weighted by molar-refractivity contribution is 0.388. The lowest BCUT2D eigenvalue weighted by Gasteiger charge is -2.34. The maximum Gasteiger partial charge on any atom is 0.279 e. The van der Waals surface area contributed by atoms with Gasteiger partial charge in [-0.1, -0.05) is 18.2 Å². The zero-order valence-electron chi connectivity index (χ0n) is 16.3. The van der Waals surface area contributed by atoms with Crippen molar-refractivity contribution in [1.82, 2.24) is 14.5 Å². The van der Waals surface area contributed by atoms with Crippen LogP contribution in [0.25, 0.3) is 16.5 Å². The Kier molecular flexibility index (Phi) is 6.21. The molecule has 2 heterocycles. The van der Waals surface area contributed by atoms with Gasteiger partial charge in [-0.3, -0.25) is 9.00 Å². The molecule has 30 heavy (non-hydrogen) atoms. The van der Waals surface area contributed by atoms with Crippen LogP contribution in [-0.2, 0) is 11.3 Å². The van der Waals surface area contributed by atoms with Crippen LogP contribution >= 0.6 is 0 Å². The second-order valence-electron chi connectivity index (χ2n) is 7.43. The molecule has 1 aromatic heterocycles. The lowest BCUT2D eigenvalue weighted by atomic mass is 9.94. The van der Waals surface area contributed by atoms with E-state index >= 15 is 0 Å². The Bertz CT molecular complexity index is 1120. The smallest absolute Gasteiger partial charge is 0.279 e. The quantitative estimate of drug-likeness (QED) is 0.608. The zero-order chi connectivity index (χ0) is 21.1. The van der Waals surface area contributed by atoms with Gasteiger partial charge in [-0.25, -0.2) is 9.11 Å². The molecule has 1 aliphatic heterocycles. The van der Waals surface area contributed by atoms with Crippen molar-refractivity contribution in [3.63, 3.8) is 0 Å². The first-order valence-electron chi connectivity index (χ1n) is 9.88. The van der Waals surface area contributed by atoms with Crippen molar-refractivity contribution < 1.29 is 13.2 Å². The van der Waals surface area contributed by atoms with Crippen molar-refractivity contribution >= 4 is 27.9 Å². The fourth-order valence-corrected chi connectivity index (χ4v) is 4.29. The summed E-state index contributed by atoms with van der Waals surface area (Å²) in [5.41, 5.74) is 0.251. The van der Waals surface area contributed by atoms with Crippen molar-refractivity contribution in [2.75, 3.05) is 24.5 Å². The molecule has 2 unspecified atom stereocenters. The van der Waals surface area contributed by atoms with Crippen molar-refractivity contribution in [3.8, 4) is 5.69 Å². The fourth-order valence-electron chi connectivity index (χ4n) is 4.00. The fraction of sp³-hybridized carbons (Fsp3) is 0.333. The van der Waals surface area contributed by atoms with Gasteiger partial charge in [0.05, 0.1) is 11.1 Å². The van der Waals surface area contributed by atoms with Crippen molar-refractivity contribution in [2.45, 2.75) is 19.3 Å². The van der Waals surface area contributed by atoms with Gasteiger partial charge in [0.25, 0.3) is 5.56 Å². The van der Waals surface area contributed by atoms with Gasteiger partial charge in [-0.05, 0) is 55.5 Å². The van der Waals surface area contributed by atoms with Crippen molar-refractivity contribution in [2.24, 2.45) is 5.92 Å². The molecule has 0 amide bonds. The van der Waals surface area contributed by atoms with Gasteiger partial charge >= 0.3 is 0 Å². The van der Waals surface area contributed by atoms with Crippen LogP contribution in [0.15, 0.2) is 53.3 Å². The Morgan fingerprint density at radius 1 is 1.17 bits per heavy atom. The highest BCUT2D eigenvalue weighted by atomic mass is 32.2. The summed E-state index contributed by atoms with van der Waals surface area (Å²) in [6.45, 7) is 1.93. The monoisotopic (exact) mass is 429 g/mol. The summed E-state index contributed by atoms with van der Waals surface area (Å²) in [5.74, 6) is 0.653. The van der Waals surface area contributed by atoms with Crippen LogP contribution in [0.3, 0.4) is 0 Å². The molecule has 0 spiro atoms. The van der Waals surface area contributed by atoms with E-state index in [4.69, 9.17) is 0 Å². The molecule has 0 saturated carbocycles. The second kappa shape index (κ2) is 9.03. The van der Waals surface area contributed by atoms with Crippen LogP contribution in [0.2, 0.25) is 0 Å². The third kappa shape index (κ3) is 4.43. The number of halogens is 1.